The van der Waals surface area contributed by atoms with Crippen LogP contribution in [-0.4, -0.2) is 0 Å². The fraction of sp³-hybridized carbons (Fsp3) is 0.588. The Balaban J connectivity index is 0.00000162. The molecule has 0 bridgehead atoms. The summed E-state index contributed by atoms with van der Waals surface area (Å²) in [6.07, 6.45) is 5.48. The molecular formula is C17H25Li. The number of benzene rings is 1. The summed E-state index contributed by atoms with van der Waals surface area (Å²) < 4.78 is 0. The first-order chi connectivity index (χ1) is 7.98. The molecule has 1 fully saturated rings. The summed E-state index contributed by atoms with van der Waals surface area (Å²) in [4.78, 5) is 0. The van der Waals surface area contributed by atoms with E-state index in [9.17, 15) is 0 Å². The summed E-state index contributed by atoms with van der Waals surface area (Å²) >= 11 is 0. The second kappa shape index (κ2) is 6.31. The summed E-state index contributed by atoms with van der Waals surface area (Å²) in [6, 6.07) is 9.17. The number of hydrogen-bond acceptors (Lipinski definition) is 0. The predicted molar refractivity (Wildman–Crippen MR) is 75.1 cm³/mol. The van der Waals surface area contributed by atoms with E-state index in [2.05, 4.69) is 52.0 Å². The zero-order chi connectivity index (χ0) is 12.5. The normalized spacial score (nSPS) is 18.4. The van der Waals surface area contributed by atoms with Crippen molar-refractivity contribution in [1.29, 1.82) is 0 Å². The van der Waals surface area contributed by atoms with Crippen molar-refractivity contribution in [3.63, 3.8) is 0 Å². The van der Waals surface area contributed by atoms with Gasteiger partial charge in [0.05, 0.1) is 0 Å². The molecule has 18 heavy (non-hydrogen) atoms. The van der Waals surface area contributed by atoms with Crippen molar-refractivity contribution in [3.8, 4) is 0 Å². The van der Waals surface area contributed by atoms with Crippen LogP contribution < -0.4 is 18.9 Å². The minimum atomic E-state index is 0. The van der Waals surface area contributed by atoms with E-state index in [4.69, 9.17) is 0 Å². The molecule has 0 heterocycles. The van der Waals surface area contributed by atoms with Gasteiger partial charge in [-0.1, -0.05) is 74.4 Å². The van der Waals surface area contributed by atoms with Crippen LogP contribution in [0, 0.1) is 18.3 Å². The molecule has 0 radical (unpaired) electrons. The van der Waals surface area contributed by atoms with Gasteiger partial charge in [-0.05, 0) is 6.92 Å². The minimum Gasteiger partial charge on any atom is -0.306 e. The third-order valence-electron chi connectivity index (χ3n) is 3.93. The molecule has 1 saturated carbocycles. The monoisotopic (exact) mass is 236 g/mol. The van der Waals surface area contributed by atoms with Crippen molar-refractivity contribution >= 4 is 0 Å². The van der Waals surface area contributed by atoms with Crippen LogP contribution in [0.15, 0.2) is 24.3 Å². The third-order valence-corrected chi connectivity index (χ3v) is 3.93. The molecule has 0 saturated heterocycles. The first-order valence-electron chi connectivity index (χ1n) is 6.89. The quantitative estimate of drug-likeness (QED) is 0.546. The smallest absolute Gasteiger partial charge is 0.306 e. The van der Waals surface area contributed by atoms with E-state index in [0.717, 1.165) is 0 Å². The van der Waals surface area contributed by atoms with Crippen molar-refractivity contribution < 1.29 is 18.9 Å². The Labute approximate surface area is 125 Å². The van der Waals surface area contributed by atoms with Crippen molar-refractivity contribution in [2.75, 3.05) is 0 Å². The van der Waals surface area contributed by atoms with Gasteiger partial charge in [-0.3, -0.25) is 0 Å². The molecule has 0 aromatic heterocycles. The van der Waals surface area contributed by atoms with Gasteiger partial charge in [0.15, 0.2) is 0 Å². The molecule has 0 amide bonds. The Morgan fingerprint density at radius 3 is 1.94 bits per heavy atom. The van der Waals surface area contributed by atoms with Gasteiger partial charge in [-0.15, -0.1) is 5.92 Å². The summed E-state index contributed by atoms with van der Waals surface area (Å²) in [5.41, 5.74) is 3.22. The molecule has 0 nitrogen and oxygen atoms in total. The SMILES string of the molecule is Cc1ccc(C([C-]2CCCC2)C(C)(C)C)cc1.[Li+]. The molecule has 1 heteroatoms. The second-order valence-corrected chi connectivity index (χ2v) is 6.58. The maximum Gasteiger partial charge on any atom is 1.00 e. The van der Waals surface area contributed by atoms with E-state index < -0.39 is 0 Å². The van der Waals surface area contributed by atoms with Gasteiger partial charge in [-0.2, -0.15) is 12.8 Å². The number of rotatable bonds is 2. The zero-order valence-corrected chi connectivity index (χ0v) is 12.7. The molecule has 1 aromatic carbocycles. The van der Waals surface area contributed by atoms with Crippen LogP contribution in [-0.2, 0) is 0 Å². The minimum absolute atomic E-state index is 0. The Morgan fingerprint density at radius 2 is 1.50 bits per heavy atom. The van der Waals surface area contributed by atoms with Crippen LogP contribution in [0.2, 0.25) is 0 Å². The van der Waals surface area contributed by atoms with E-state index in [1.165, 1.54) is 36.8 Å². The van der Waals surface area contributed by atoms with Crippen LogP contribution >= 0.6 is 0 Å². The van der Waals surface area contributed by atoms with Gasteiger partial charge in [0.1, 0.15) is 0 Å². The van der Waals surface area contributed by atoms with Crippen LogP contribution in [0.25, 0.3) is 0 Å². The van der Waals surface area contributed by atoms with Crippen LogP contribution in [0.3, 0.4) is 0 Å². The number of hydrogen-bond donors (Lipinski definition) is 0. The fourth-order valence-electron chi connectivity index (χ4n) is 3.22. The summed E-state index contributed by atoms with van der Waals surface area (Å²) in [7, 11) is 0. The van der Waals surface area contributed by atoms with Crippen molar-refractivity contribution in [2.24, 2.45) is 5.41 Å². The maximum atomic E-state index is 2.38. The molecule has 0 spiro atoms. The van der Waals surface area contributed by atoms with Gasteiger partial charge < -0.3 is 5.92 Å². The Bertz CT molecular complexity index is 352. The molecule has 1 aromatic rings. The van der Waals surface area contributed by atoms with Gasteiger partial charge in [-0.25, -0.2) is 0 Å². The molecule has 0 aliphatic heterocycles. The molecule has 1 aliphatic carbocycles. The summed E-state index contributed by atoms with van der Waals surface area (Å²) in [5, 5.41) is 0. The molecule has 1 aliphatic rings. The van der Waals surface area contributed by atoms with E-state index in [1.54, 1.807) is 5.92 Å². The van der Waals surface area contributed by atoms with Crippen molar-refractivity contribution in [2.45, 2.75) is 59.3 Å². The molecule has 94 valence electrons. The van der Waals surface area contributed by atoms with Crippen molar-refractivity contribution in [3.05, 3.63) is 41.3 Å². The molecule has 0 N–H and O–H groups in total. The molecule has 1 unspecified atom stereocenters. The summed E-state index contributed by atoms with van der Waals surface area (Å²) in [5.74, 6) is 2.42. The second-order valence-electron chi connectivity index (χ2n) is 6.58. The van der Waals surface area contributed by atoms with Gasteiger partial charge in [0, 0.05) is 0 Å². The Kier molecular flexibility index (Phi) is 5.57. The number of aryl methyl sites for hydroxylation is 1. The fourth-order valence-corrected chi connectivity index (χ4v) is 3.22. The molecule has 2 rings (SSSR count). The van der Waals surface area contributed by atoms with E-state index in [-0.39, 0.29) is 18.9 Å². The zero-order valence-electron chi connectivity index (χ0n) is 12.7. The first-order valence-corrected chi connectivity index (χ1v) is 6.89. The predicted octanol–water partition coefficient (Wildman–Crippen LogP) is 2.28. The van der Waals surface area contributed by atoms with E-state index in [0.29, 0.717) is 11.3 Å². The average Bonchev–Trinajstić information content (AvgIpc) is 2.72. The van der Waals surface area contributed by atoms with E-state index in [1.807, 2.05) is 0 Å². The Hall–Kier alpha value is -0.183. The van der Waals surface area contributed by atoms with Gasteiger partial charge >= 0.3 is 18.9 Å². The van der Waals surface area contributed by atoms with Crippen molar-refractivity contribution in [1.82, 2.24) is 0 Å². The maximum absolute atomic E-state index is 2.38. The average molecular weight is 236 g/mol. The van der Waals surface area contributed by atoms with Gasteiger partial charge in [0.25, 0.3) is 0 Å². The third kappa shape index (κ3) is 3.66. The van der Waals surface area contributed by atoms with Crippen LogP contribution in [0.1, 0.15) is 63.5 Å². The van der Waals surface area contributed by atoms with Gasteiger partial charge in [0.2, 0.25) is 0 Å². The molecule has 1 atom stereocenters. The Morgan fingerprint density at radius 1 is 1.00 bits per heavy atom. The van der Waals surface area contributed by atoms with Crippen LogP contribution in [0.5, 0.6) is 0 Å². The first kappa shape index (κ1) is 15.9. The standard InChI is InChI=1S/C17H25.Li/c1-13-9-11-15(12-10-13)16(17(2,3)4)14-7-5-6-8-14;/h9-12,16H,5-8H2,1-4H3;/q-1;+1. The largest absolute Gasteiger partial charge is 1.00 e. The molecular weight excluding hydrogens is 211 g/mol. The summed E-state index contributed by atoms with van der Waals surface area (Å²) in [6.45, 7) is 9.30. The van der Waals surface area contributed by atoms with Crippen LogP contribution in [0.4, 0.5) is 0 Å². The van der Waals surface area contributed by atoms with E-state index >= 15 is 0 Å². The topological polar surface area (TPSA) is 0 Å².